The van der Waals surface area contributed by atoms with Crippen LogP contribution in [-0.4, -0.2) is 0 Å². The van der Waals surface area contributed by atoms with Crippen molar-refractivity contribution < 1.29 is 20.8 Å². The molecule has 0 unspecified atom stereocenters. The van der Waals surface area contributed by atoms with Gasteiger partial charge in [-0.05, 0) is 13.3 Å². The van der Waals surface area contributed by atoms with E-state index in [0.717, 1.165) is 6.42 Å². The number of hydrogen-bond donors (Lipinski definition) is 0. The summed E-state index contributed by atoms with van der Waals surface area (Å²) in [6.45, 7) is 4.28. The third-order valence-electron chi connectivity index (χ3n) is 3.09. The van der Waals surface area contributed by atoms with Crippen LogP contribution in [0.2, 0.25) is 0 Å². The van der Waals surface area contributed by atoms with E-state index in [0.29, 0.717) is 0 Å². The van der Waals surface area contributed by atoms with E-state index >= 15 is 0 Å². The summed E-state index contributed by atoms with van der Waals surface area (Å²) in [5.74, 6) is 0. The van der Waals surface area contributed by atoms with Gasteiger partial charge in [0.25, 0.3) is 0 Å². The van der Waals surface area contributed by atoms with Crippen molar-refractivity contribution in [1.82, 2.24) is 0 Å². The standard InChI is InChI=1S/C15H13.2ClH.Zr/c1-10-3-5-12-9-13-6-4-11(2)8-15(13)14(12)7-10;;;/h3-5,7-8H,9H2,1-2H3;2*1H;/q-1;;;+2/p-2. The first-order chi connectivity index (χ1) is 8.65. The van der Waals surface area contributed by atoms with Gasteiger partial charge in [0, 0.05) is 0 Å². The average Bonchev–Trinajstić information content (AvgIpc) is 2.68. The van der Waals surface area contributed by atoms with Gasteiger partial charge in [-0.15, -0.1) is 5.56 Å². The van der Waals surface area contributed by atoms with Crippen LogP contribution in [0.3, 0.4) is 0 Å². The normalized spacial score (nSPS) is 11.1. The zero-order valence-corrected chi connectivity index (χ0v) is 14.3. The number of hydrogen-bond acceptors (Lipinski definition) is 0. The SMILES string of the molecule is Cc1c[c-]c2c(c1)-c1cc(C)ccc1C2.[Cl][Zr][Cl]. The molecule has 0 spiro atoms. The van der Waals surface area contributed by atoms with Crippen molar-refractivity contribution in [3.05, 3.63) is 58.7 Å². The zero-order chi connectivity index (χ0) is 13.1. The van der Waals surface area contributed by atoms with Crippen LogP contribution >= 0.6 is 17.0 Å². The van der Waals surface area contributed by atoms with Gasteiger partial charge in [-0.1, -0.05) is 41.8 Å². The number of benzene rings is 2. The molecule has 0 radical (unpaired) electrons. The topological polar surface area (TPSA) is 0 Å². The first-order valence-corrected chi connectivity index (χ1v) is 12.1. The Bertz CT molecular complexity index is 515. The van der Waals surface area contributed by atoms with Gasteiger partial charge in [0.1, 0.15) is 0 Å². The second-order valence-corrected chi connectivity index (χ2v) is 8.21. The van der Waals surface area contributed by atoms with E-state index < -0.39 is 20.8 Å². The Morgan fingerprint density at radius 2 is 1.72 bits per heavy atom. The van der Waals surface area contributed by atoms with E-state index in [1.165, 1.54) is 33.4 Å². The van der Waals surface area contributed by atoms with Gasteiger partial charge in [0.05, 0.1) is 0 Å². The molecule has 1 aliphatic carbocycles. The first-order valence-electron chi connectivity index (χ1n) is 5.73. The monoisotopic (exact) mass is 353 g/mol. The molecule has 2 aromatic rings. The summed E-state index contributed by atoms with van der Waals surface area (Å²) in [7, 11) is 9.87. The van der Waals surface area contributed by atoms with E-state index in [2.05, 4.69) is 50.2 Å². The van der Waals surface area contributed by atoms with Crippen molar-refractivity contribution >= 4 is 17.0 Å². The summed E-state index contributed by atoms with van der Waals surface area (Å²) in [4.78, 5) is 0. The molecular weight excluding hydrogens is 342 g/mol. The molecule has 0 N–H and O–H groups in total. The second kappa shape index (κ2) is 6.37. The summed E-state index contributed by atoms with van der Waals surface area (Å²) in [5, 5.41) is 0. The third-order valence-corrected chi connectivity index (χ3v) is 3.09. The van der Waals surface area contributed by atoms with Crippen molar-refractivity contribution in [3.8, 4) is 11.1 Å². The van der Waals surface area contributed by atoms with Crippen LogP contribution in [-0.2, 0) is 27.3 Å². The molecule has 0 heterocycles. The summed E-state index contributed by atoms with van der Waals surface area (Å²) in [6, 6.07) is 14.5. The Morgan fingerprint density at radius 1 is 1.06 bits per heavy atom. The maximum atomic E-state index is 4.93. The Labute approximate surface area is 127 Å². The van der Waals surface area contributed by atoms with Crippen LogP contribution in [0.15, 0.2) is 30.3 Å². The van der Waals surface area contributed by atoms with Crippen molar-refractivity contribution in [3.63, 3.8) is 0 Å². The van der Waals surface area contributed by atoms with E-state index in [1.54, 1.807) is 0 Å². The Hall–Kier alpha value is -0.0969. The molecule has 92 valence electrons. The molecule has 1 aliphatic rings. The molecule has 0 atom stereocenters. The molecule has 0 saturated heterocycles. The fourth-order valence-electron chi connectivity index (χ4n) is 2.31. The fraction of sp³-hybridized carbons (Fsp3) is 0.200. The molecule has 0 amide bonds. The Morgan fingerprint density at radius 3 is 2.44 bits per heavy atom. The van der Waals surface area contributed by atoms with Crippen LogP contribution in [0, 0.1) is 19.9 Å². The molecule has 0 fully saturated rings. The minimum atomic E-state index is -0.826. The summed E-state index contributed by atoms with van der Waals surface area (Å²) in [5.41, 5.74) is 8.21. The van der Waals surface area contributed by atoms with Crippen LogP contribution in [0.5, 0.6) is 0 Å². The van der Waals surface area contributed by atoms with Gasteiger partial charge in [-0.3, -0.25) is 0 Å². The van der Waals surface area contributed by atoms with Gasteiger partial charge >= 0.3 is 37.9 Å². The quantitative estimate of drug-likeness (QED) is 0.495. The molecule has 0 aromatic heterocycles. The van der Waals surface area contributed by atoms with Gasteiger partial charge in [0.15, 0.2) is 0 Å². The molecule has 0 saturated carbocycles. The maximum absolute atomic E-state index is 4.93. The second-order valence-electron chi connectivity index (χ2n) is 4.48. The molecule has 18 heavy (non-hydrogen) atoms. The molecule has 2 aromatic carbocycles. The van der Waals surface area contributed by atoms with Crippen LogP contribution < -0.4 is 0 Å². The number of aryl methyl sites for hydroxylation is 2. The zero-order valence-electron chi connectivity index (χ0n) is 10.3. The van der Waals surface area contributed by atoms with Gasteiger partial charge in [-0.2, -0.15) is 29.3 Å². The van der Waals surface area contributed by atoms with Crippen molar-refractivity contribution in [2.45, 2.75) is 20.3 Å². The fourth-order valence-corrected chi connectivity index (χ4v) is 2.31. The Kier molecular flexibility index (Phi) is 5.07. The van der Waals surface area contributed by atoms with Crippen molar-refractivity contribution in [2.24, 2.45) is 0 Å². The molecule has 0 nitrogen and oxygen atoms in total. The number of fused-ring (bicyclic) bond motifs is 3. The molecule has 3 rings (SSSR count). The van der Waals surface area contributed by atoms with Gasteiger partial charge in [0.2, 0.25) is 0 Å². The van der Waals surface area contributed by atoms with E-state index in [4.69, 9.17) is 17.0 Å². The van der Waals surface area contributed by atoms with Crippen LogP contribution in [0.25, 0.3) is 11.1 Å². The molecule has 3 heteroatoms. The predicted molar refractivity (Wildman–Crippen MR) is 74.7 cm³/mol. The van der Waals surface area contributed by atoms with Gasteiger partial charge < -0.3 is 0 Å². The van der Waals surface area contributed by atoms with E-state index in [1.807, 2.05) is 0 Å². The summed E-state index contributed by atoms with van der Waals surface area (Å²) >= 11 is -0.826. The van der Waals surface area contributed by atoms with Crippen molar-refractivity contribution in [2.75, 3.05) is 0 Å². The first kappa shape index (κ1) is 14.3. The van der Waals surface area contributed by atoms with Gasteiger partial charge in [-0.25, -0.2) is 0 Å². The Balaban J connectivity index is 0.000000367. The van der Waals surface area contributed by atoms with Crippen molar-refractivity contribution in [1.29, 1.82) is 0 Å². The minimum absolute atomic E-state index is 0.826. The van der Waals surface area contributed by atoms with Crippen LogP contribution in [0.4, 0.5) is 0 Å². The van der Waals surface area contributed by atoms with E-state index in [-0.39, 0.29) is 0 Å². The molecular formula is C15H13Cl2Zr-. The summed E-state index contributed by atoms with van der Waals surface area (Å²) < 4.78 is 0. The third kappa shape index (κ3) is 3.07. The van der Waals surface area contributed by atoms with Crippen LogP contribution in [0.1, 0.15) is 22.3 Å². The average molecular weight is 355 g/mol. The number of rotatable bonds is 0. The predicted octanol–water partition coefficient (Wildman–Crippen LogP) is 5.05. The molecule has 0 bridgehead atoms. The van der Waals surface area contributed by atoms with E-state index in [9.17, 15) is 0 Å². The molecule has 0 aliphatic heterocycles. The summed E-state index contributed by atoms with van der Waals surface area (Å²) in [6.07, 6.45) is 1.05. The number of halogens is 2.